The number of carbonyl (C=O) groups excluding carboxylic acids is 1. The molecule has 0 aliphatic heterocycles. The average molecular weight is 246 g/mol. The molecule has 1 rings (SSSR count). The van der Waals surface area contributed by atoms with Gasteiger partial charge in [0.25, 0.3) is 0 Å². The van der Waals surface area contributed by atoms with E-state index in [1.165, 1.54) is 25.7 Å². The summed E-state index contributed by atoms with van der Waals surface area (Å²) in [4.78, 5) is 11.8. The van der Waals surface area contributed by atoms with Crippen molar-refractivity contribution in [1.82, 2.24) is 5.32 Å². The number of rotatable bonds is 4. The predicted molar refractivity (Wildman–Crippen MR) is 68.6 cm³/mol. The van der Waals surface area contributed by atoms with Gasteiger partial charge in [-0.2, -0.15) is 0 Å². The first-order valence-electron chi connectivity index (χ1n) is 6.30. The van der Waals surface area contributed by atoms with Crippen LogP contribution in [-0.4, -0.2) is 18.3 Å². The van der Waals surface area contributed by atoms with Crippen LogP contribution in [0.15, 0.2) is 0 Å². The van der Waals surface area contributed by atoms with Crippen molar-refractivity contribution in [3.8, 4) is 0 Å². The molecule has 0 bridgehead atoms. The van der Waals surface area contributed by atoms with Crippen molar-refractivity contribution in [1.29, 1.82) is 0 Å². The molecule has 94 valence electrons. The Morgan fingerprint density at radius 2 is 2.12 bits per heavy atom. The predicted octanol–water partition coefficient (Wildman–Crippen LogP) is 3.19. The Kier molecular flexibility index (Phi) is 5.10. The highest BCUT2D eigenvalue weighted by Crippen LogP contribution is 2.28. The van der Waals surface area contributed by atoms with E-state index in [9.17, 15) is 4.79 Å². The minimum Gasteiger partial charge on any atom is -0.355 e. The first-order chi connectivity index (χ1) is 7.45. The molecule has 1 saturated carbocycles. The van der Waals surface area contributed by atoms with Crippen LogP contribution >= 0.6 is 11.6 Å². The van der Waals surface area contributed by atoms with Crippen LogP contribution in [0.1, 0.15) is 46.5 Å². The molecule has 16 heavy (non-hydrogen) atoms. The summed E-state index contributed by atoms with van der Waals surface area (Å²) in [5.41, 5.74) is -0.443. The monoisotopic (exact) mass is 245 g/mol. The van der Waals surface area contributed by atoms with E-state index in [0.29, 0.717) is 11.8 Å². The second-order valence-electron chi connectivity index (χ2n) is 5.87. The van der Waals surface area contributed by atoms with E-state index in [2.05, 4.69) is 12.2 Å². The van der Waals surface area contributed by atoms with Gasteiger partial charge in [-0.05, 0) is 38.5 Å². The minimum absolute atomic E-state index is 0.0840. The summed E-state index contributed by atoms with van der Waals surface area (Å²) in [5.74, 6) is 1.94. The van der Waals surface area contributed by atoms with Crippen LogP contribution in [0.5, 0.6) is 0 Å². The fourth-order valence-corrected chi connectivity index (χ4v) is 2.40. The minimum atomic E-state index is -0.443. The van der Waals surface area contributed by atoms with E-state index in [4.69, 9.17) is 11.6 Å². The van der Waals surface area contributed by atoms with Crippen molar-refractivity contribution >= 4 is 17.5 Å². The number of nitrogens with one attached hydrogen (secondary N) is 1. The standard InChI is InChI=1S/C13H24ClNO/c1-10-5-4-6-11(7-10)8-15-12(16)13(2,3)9-14/h10-11H,4-9H2,1-3H3,(H,15,16). The van der Waals surface area contributed by atoms with Crippen molar-refractivity contribution < 1.29 is 4.79 Å². The highest BCUT2D eigenvalue weighted by molar-refractivity contribution is 6.19. The number of hydrogen-bond donors (Lipinski definition) is 1. The normalized spacial score (nSPS) is 26.5. The molecule has 2 atom stereocenters. The Morgan fingerprint density at radius 1 is 1.44 bits per heavy atom. The lowest BCUT2D eigenvalue weighted by Gasteiger charge is -2.28. The number of carbonyl (C=O) groups is 1. The van der Waals surface area contributed by atoms with Crippen molar-refractivity contribution in [2.24, 2.45) is 17.3 Å². The summed E-state index contributed by atoms with van der Waals surface area (Å²) in [6.07, 6.45) is 5.16. The zero-order chi connectivity index (χ0) is 12.2. The smallest absolute Gasteiger partial charge is 0.226 e. The maximum absolute atomic E-state index is 11.8. The summed E-state index contributed by atoms with van der Waals surface area (Å²) < 4.78 is 0. The fourth-order valence-electron chi connectivity index (χ4n) is 2.28. The molecule has 1 N–H and O–H groups in total. The molecule has 1 amide bonds. The van der Waals surface area contributed by atoms with Gasteiger partial charge in [0.15, 0.2) is 0 Å². The quantitative estimate of drug-likeness (QED) is 0.758. The molecular formula is C13H24ClNO. The Hall–Kier alpha value is -0.240. The van der Waals surface area contributed by atoms with Crippen LogP contribution in [0.2, 0.25) is 0 Å². The van der Waals surface area contributed by atoms with Crippen LogP contribution in [0.25, 0.3) is 0 Å². The lowest BCUT2D eigenvalue weighted by atomic mass is 9.82. The van der Waals surface area contributed by atoms with Gasteiger partial charge in [-0.15, -0.1) is 11.6 Å². The van der Waals surface area contributed by atoms with Gasteiger partial charge in [-0.25, -0.2) is 0 Å². The van der Waals surface area contributed by atoms with Crippen molar-refractivity contribution in [2.45, 2.75) is 46.5 Å². The maximum atomic E-state index is 11.8. The van der Waals surface area contributed by atoms with E-state index in [1.807, 2.05) is 13.8 Å². The molecule has 0 radical (unpaired) electrons. The molecule has 0 spiro atoms. The highest BCUT2D eigenvalue weighted by atomic mass is 35.5. The largest absolute Gasteiger partial charge is 0.355 e. The van der Waals surface area contributed by atoms with Gasteiger partial charge in [-0.3, -0.25) is 4.79 Å². The first kappa shape index (κ1) is 13.8. The lowest BCUT2D eigenvalue weighted by molar-refractivity contribution is -0.128. The molecule has 3 heteroatoms. The lowest BCUT2D eigenvalue weighted by Crippen LogP contribution is -2.41. The van der Waals surface area contributed by atoms with Gasteiger partial charge in [0, 0.05) is 12.4 Å². The maximum Gasteiger partial charge on any atom is 0.226 e. The average Bonchev–Trinajstić information content (AvgIpc) is 2.26. The van der Waals surface area contributed by atoms with Gasteiger partial charge in [-0.1, -0.05) is 19.8 Å². The molecule has 0 heterocycles. The summed E-state index contributed by atoms with van der Waals surface area (Å²) in [5, 5.41) is 3.04. The van der Waals surface area contributed by atoms with E-state index in [-0.39, 0.29) is 5.91 Å². The second-order valence-corrected chi connectivity index (χ2v) is 6.13. The molecule has 2 unspecified atom stereocenters. The number of hydrogen-bond acceptors (Lipinski definition) is 1. The zero-order valence-corrected chi connectivity index (χ0v) is 11.4. The summed E-state index contributed by atoms with van der Waals surface area (Å²) in [6.45, 7) is 6.90. The molecule has 0 saturated heterocycles. The van der Waals surface area contributed by atoms with Gasteiger partial charge in [0.1, 0.15) is 0 Å². The molecule has 1 fully saturated rings. The molecule has 0 aromatic heterocycles. The summed E-state index contributed by atoms with van der Waals surface area (Å²) >= 11 is 5.77. The van der Waals surface area contributed by atoms with E-state index in [0.717, 1.165) is 12.5 Å². The van der Waals surface area contributed by atoms with Crippen molar-refractivity contribution in [3.05, 3.63) is 0 Å². The topological polar surface area (TPSA) is 29.1 Å². The molecule has 0 aromatic rings. The van der Waals surface area contributed by atoms with Gasteiger partial charge >= 0.3 is 0 Å². The van der Waals surface area contributed by atoms with E-state index in [1.54, 1.807) is 0 Å². The zero-order valence-electron chi connectivity index (χ0n) is 10.7. The summed E-state index contributed by atoms with van der Waals surface area (Å²) in [6, 6.07) is 0. The van der Waals surface area contributed by atoms with Crippen LogP contribution in [0, 0.1) is 17.3 Å². The SMILES string of the molecule is CC1CCCC(CNC(=O)C(C)(C)CCl)C1. The first-order valence-corrected chi connectivity index (χ1v) is 6.83. The molecule has 0 aromatic carbocycles. The Morgan fingerprint density at radius 3 is 2.69 bits per heavy atom. The van der Waals surface area contributed by atoms with Crippen molar-refractivity contribution in [2.75, 3.05) is 12.4 Å². The summed E-state index contributed by atoms with van der Waals surface area (Å²) in [7, 11) is 0. The van der Waals surface area contributed by atoms with E-state index < -0.39 is 5.41 Å². The number of halogens is 1. The van der Waals surface area contributed by atoms with Crippen LogP contribution < -0.4 is 5.32 Å². The van der Waals surface area contributed by atoms with Crippen LogP contribution in [-0.2, 0) is 4.79 Å². The third-order valence-corrected chi connectivity index (χ3v) is 4.21. The van der Waals surface area contributed by atoms with Gasteiger partial charge < -0.3 is 5.32 Å². The third kappa shape index (κ3) is 3.97. The fraction of sp³-hybridized carbons (Fsp3) is 0.923. The number of amides is 1. The third-order valence-electron chi connectivity index (χ3n) is 3.55. The molecule has 1 aliphatic carbocycles. The highest BCUT2D eigenvalue weighted by Gasteiger charge is 2.27. The Balaban J connectivity index is 2.31. The Labute approximate surface area is 104 Å². The second kappa shape index (κ2) is 5.90. The van der Waals surface area contributed by atoms with Gasteiger partial charge in [0.2, 0.25) is 5.91 Å². The molecule has 2 nitrogen and oxygen atoms in total. The van der Waals surface area contributed by atoms with E-state index >= 15 is 0 Å². The van der Waals surface area contributed by atoms with Gasteiger partial charge in [0.05, 0.1) is 5.41 Å². The molecule has 1 aliphatic rings. The Bertz CT molecular complexity index is 240. The van der Waals surface area contributed by atoms with Crippen LogP contribution in [0.4, 0.5) is 0 Å². The molecular weight excluding hydrogens is 222 g/mol. The van der Waals surface area contributed by atoms with Crippen molar-refractivity contribution in [3.63, 3.8) is 0 Å². The van der Waals surface area contributed by atoms with Crippen LogP contribution in [0.3, 0.4) is 0 Å². The number of alkyl halides is 1.